The number of carbonyl (C=O) groups is 1. The average molecular weight is 279 g/mol. The van der Waals surface area contributed by atoms with E-state index in [2.05, 4.69) is 0 Å². The van der Waals surface area contributed by atoms with Crippen LogP contribution in [0.2, 0.25) is 0 Å². The maximum absolute atomic E-state index is 12.1. The molecule has 6 heteroatoms. The smallest absolute Gasteiger partial charge is 0.253 e. The van der Waals surface area contributed by atoms with E-state index >= 15 is 0 Å². The number of hydrogen-bond donors (Lipinski definition) is 1. The highest BCUT2D eigenvalue weighted by atomic mass is 35.5. The Bertz CT molecular complexity index is 278. The third kappa shape index (κ3) is 3.15. The SMILES string of the molecule is COC(CN)C(=O)N1CCC2(CCOCC2)C1.Cl. The van der Waals surface area contributed by atoms with E-state index in [9.17, 15) is 4.79 Å². The molecule has 0 radical (unpaired) electrons. The van der Waals surface area contributed by atoms with Crippen molar-refractivity contribution in [1.29, 1.82) is 0 Å². The van der Waals surface area contributed by atoms with Crippen LogP contribution in [0.15, 0.2) is 0 Å². The van der Waals surface area contributed by atoms with Crippen molar-refractivity contribution in [2.45, 2.75) is 25.4 Å². The Hall–Kier alpha value is -0.360. The van der Waals surface area contributed by atoms with Crippen LogP contribution in [0.5, 0.6) is 0 Å². The van der Waals surface area contributed by atoms with Gasteiger partial charge in [-0.1, -0.05) is 0 Å². The van der Waals surface area contributed by atoms with Gasteiger partial charge in [0.05, 0.1) is 0 Å². The second kappa shape index (κ2) is 6.70. The molecule has 1 amide bonds. The van der Waals surface area contributed by atoms with E-state index in [1.165, 1.54) is 7.11 Å². The van der Waals surface area contributed by atoms with Gasteiger partial charge in [0, 0.05) is 40.0 Å². The Labute approximate surface area is 114 Å². The van der Waals surface area contributed by atoms with E-state index in [4.69, 9.17) is 15.2 Å². The lowest BCUT2D eigenvalue weighted by Crippen LogP contribution is -2.44. The molecule has 0 saturated carbocycles. The fourth-order valence-corrected chi connectivity index (χ4v) is 2.84. The van der Waals surface area contributed by atoms with Crippen LogP contribution >= 0.6 is 12.4 Å². The third-order valence-electron chi connectivity index (χ3n) is 4.08. The van der Waals surface area contributed by atoms with Crippen molar-refractivity contribution in [1.82, 2.24) is 4.90 Å². The van der Waals surface area contributed by atoms with Crippen molar-refractivity contribution in [2.24, 2.45) is 11.1 Å². The summed E-state index contributed by atoms with van der Waals surface area (Å²) in [4.78, 5) is 14.0. The van der Waals surface area contributed by atoms with Crippen molar-refractivity contribution < 1.29 is 14.3 Å². The first-order valence-corrected chi connectivity index (χ1v) is 6.30. The summed E-state index contributed by atoms with van der Waals surface area (Å²) in [5.74, 6) is 0.0402. The molecular weight excluding hydrogens is 256 g/mol. The molecule has 2 aliphatic rings. The molecule has 2 heterocycles. The maximum Gasteiger partial charge on any atom is 0.253 e. The molecule has 1 atom stereocenters. The quantitative estimate of drug-likeness (QED) is 0.812. The molecule has 0 bridgehead atoms. The molecule has 5 nitrogen and oxygen atoms in total. The Kier molecular flexibility index (Phi) is 5.85. The van der Waals surface area contributed by atoms with Gasteiger partial charge in [-0.2, -0.15) is 0 Å². The number of halogens is 1. The normalized spacial score (nSPS) is 23.8. The molecule has 1 unspecified atom stereocenters. The lowest BCUT2D eigenvalue weighted by Gasteiger charge is -2.33. The van der Waals surface area contributed by atoms with Gasteiger partial charge in [0.1, 0.15) is 6.10 Å². The summed E-state index contributed by atoms with van der Waals surface area (Å²) in [6, 6.07) is 0. The number of carbonyl (C=O) groups excluding carboxylic acids is 1. The van der Waals surface area contributed by atoms with Crippen molar-refractivity contribution in [3.63, 3.8) is 0 Å². The van der Waals surface area contributed by atoms with Gasteiger partial charge in [0.25, 0.3) is 5.91 Å². The van der Waals surface area contributed by atoms with Crippen LogP contribution in [0.1, 0.15) is 19.3 Å². The van der Waals surface area contributed by atoms with Gasteiger partial charge >= 0.3 is 0 Å². The van der Waals surface area contributed by atoms with Crippen molar-refractivity contribution in [3.05, 3.63) is 0 Å². The molecule has 2 N–H and O–H groups in total. The predicted octanol–water partition coefficient (Wildman–Crippen LogP) is 0.411. The molecule has 2 saturated heterocycles. The van der Waals surface area contributed by atoms with Crippen molar-refractivity contribution in [2.75, 3.05) is 40.0 Å². The molecule has 0 aromatic rings. The van der Waals surface area contributed by atoms with Gasteiger partial charge in [-0.25, -0.2) is 0 Å². The maximum atomic E-state index is 12.1. The summed E-state index contributed by atoms with van der Waals surface area (Å²) in [5.41, 5.74) is 5.82. The largest absolute Gasteiger partial charge is 0.381 e. The molecule has 1 spiro atoms. The number of methoxy groups -OCH3 is 1. The van der Waals surface area contributed by atoms with Crippen molar-refractivity contribution >= 4 is 18.3 Å². The van der Waals surface area contributed by atoms with Crippen molar-refractivity contribution in [3.8, 4) is 0 Å². The predicted molar refractivity (Wildman–Crippen MR) is 70.8 cm³/mol. The average Bonchev–Trinajstić information content (AvgIpc) is 2.75. The highest BCUT2D eigenvalue weighted by molar-refractivity contribution is 5.85. The highest BCUT2D eigenvalue weighted by Gasteiger charge is 2.42. The molecule has 0 aromatic heterocycles. The first kappa shape index (κ1) is 15.7. The minimum absolute atomic E-state index is 0. The molecule has 2 aliphatic heterocycles. The zero-order valence-corrected chi connectivity index (χ0v) is 11.7. The zero-order chi connectivity index (χ0) is 12.3. The summed E-state index contributed by atoms with van der Waals surface area (Å²) in [5, 5.41) is 0. The van der Waals surface area contributed by atoms with E-state index in [-0.39, 0.29) is 24.9 Å². The molecule has 2 rings (SSSR count). The van der Waals surface area contributed by atoms with Gasteiger partial charge < -0.3 is 20.1 Å². The van der Waals surface area contributed by atoms with Crippen LogP contribution in [0.25, 0.3) is 0 Å². The Balaban J connectivity index is 0.00000162. The first-order valence-electron chi connectivity index (χ1n) is 6.30. The number of nitrogens with two attached hydrogens (primary N) is 1. The summed E-state index contributed by atoms with van der Waals surface area (Å²) in [6.45, 7) is 3.58. The summed E-state index contributed by atoms with van der Waals surface area (Å²) in [7, 11) is 1.54. The number of amides is 1. The second-order valence-corrected chi connectivity index (χ2v) is 5.08. The third-order valence-corrected chi connectivity index (χ3v) is 4.08. The molecule has 2 fully saturated rings. The van der Waals surface area contributed by atoms with Crippen LogP contribution in [-0.2, 0) is 14.3 Å². The van der Waals surface area contributed by atoms with Crippen LogP contribution in [0.3, 0.4) is 0 Å². The zero-order valence-electron chi connectivity index (χ0n) is 10.9. The molecule has 0 aromatic carbocycles. The Morgan fingerprint density at radius 1 is 1.44 bits per heavy atom. The van der Waals surface area contributed by atoms with E-state index in [0.717, 1.165) is 45.6 Å². The van der Waals surface area contributed by atoms with Gasteiger partial charge in [0.15, 0.2) is 0 Å². The minimum Gasteiger partial charge on any atom is -0.381 e. The summed E-state index contributed by atoms with van der Waals surface area (Å²) in [6.07, 6.45) is 2.74. The number of likely N-dealkylation sites (tertiary alicyclic amines) is 1. The monoisotopic (exact) mass is 278 g/mol. The summed E-state index contributed by atoms with van der Waals surface area (Å²) < 4.78 is 10.5. The van der Waals surface area contributed by atoms with E-state index in [1.54, 1.807) is 0 Å². The van der Waals surface area contributed by atoms with Crippen LogP contribution in [0, 0.1) is 5.41 Å². The van der Waals surface area contributed by atoms with E-state index < -0.39 is 6.10 Å². The fraction of sp³-hybridized carbons (Fsp3) is 0.917. The number of rotatable bonds is 3. The number of nitrogens with zero attached hydrogens (tertiary/aromatic N) is 1. The first-order chi connectivity index (χ1) is 8.21. The van der Waals surface area contributed by atoms with Crippen LogP contribution in [0.4, 0.5) is 0 Å². The lowest BCUT2D eigenvalue weighted by molar-refractivity contribution is -0.141. The molecular formula is C12H23ClN2O3. The number of ether oxygens (including phenoxy) is 2. The topological polar surface area (TPSA) is 64.8 Å². The Morgan fingerprint density at radius 2 is 2.11 bits per heavy atom. The van der Waals surface area contributed by atoms with Gasteiger partial charge in [-0.3, -0.25) is 4.79 Å². The number of hydrogen-bond acceptors (Lipinski definition) is 4. The van der Waals surface area contributed by atoms with Gasteiger partial charge in [-0.15, -0.1) is 12.4 Å². The Morgan fingerprint density at radius 3 is 2.67 bits per heavy atom. The van der Waals surface area contributed by atoms with Gasteiger partial charge in [-0.05, 0) is 24.7 Å². The lowest BCUT2D eigenvalue weighted by atomic mass is 9.80. The molecule has 18 heavy (non-hydrogen) atoms. The second-order valence-electron chi connectivity index (χ2n) is 5.08. The fourth-order valence-electron chi connectivity index (χ4n) is 2.84. The summed E-state index contributed by atoms with van der Waals surface area (Å²) >= 11 is 0. The highest BCUT2D eigenvalue weighted by Crippen LogP contribution is 2.39. The van der Waals surface area contributed by atoms with E-state index in [1.807, 2.05) is 4.90 Å². The van der Waals surface area contributed by atoms with Crippen LogP contribution < -0.4 is 5.73 Å². The van der Waals surface area contributed by atoms with Gasteiger partial charge in [0.2, 0.25) is 0 Å². The van der Waals surface area contributed by atoms with E-state index in [0.29, 0.717) is 5.41 Å². The minimum atomic E-state index is -0.481. The molecule has 0 aliphatic carbocycles. The standard InChI is InChI=1S/C12H22N2O3.ClH/c1-16-10(8-13)11(15)14-5-2-12(9-14)3-6-17-7-4-12;/h10H,2-9,13H2,1H3;1H. The van der Waals surface area contributed by atoms with Crippen LogP contribution in [-0.4, -0.2) is 56.9 Å². The molecule has 106 valence electrons.